The molecule has 3 heterocycles. The van der Waals surface area contributed by atoms with E-state index in [1.165, 1.54) is 0 Å². The number of anilines is 1. The zero-order valence-electron chi connectivity index (χ0n) is 22.8. The number of nitrogens with zero attached hydrogens (tertiary/aromatic N) is 4. The Morgan fingerprint density at radius 3 is 2.54 bits per heavy atom. The molecule has 0 bridgehead atoms. The first-order valence-corrected chi connectivity index (χ1v) is 14.4. The van der Waals surface area contributed by atoms with Crippen molar-refractivity contribution >= 4 is 32.3 Å². The Hall–Kier alpha value is -3.76. The van der Waals surface area contributed by atoms with Gasteiger partial charge in [0.1, 0.15) is 11.5 Å². The van der Waals surface area contributed by atoms with Crippen LogP contribution in [0, 0.1) is 6.92 Å². The third-order valence-electron chi connectivity index (χ3n) is 6.85. The summed E-state index contributed by atoms with van der Waals surface area (Å²) < 4.78 is 34.2. The van der Waals surface area contributed by atoms with Gasteiger partial charge < -0.3 is 15.0 Å². The van der Waals surface area contributed by atoms with Crippen molar-refractivity contribution in [1.82, 2.24) is 19.7 Å². The number of amides is 1. The fourth-order valence-electron chi connectivity index (χ4n) is 4.60. The van der Waals surface area contributed by atoms with Crippen LogP contribution in [0.15, 0.2) is 66.0 Å². The largest absolute Gasteiger partial charge is 0.456 e. The van der Waals surface area contributed by atoms with E-state index in [1.54, 1.807) is 36.7 Å². The van der Waals surface area contributed by atoms with Gasteiger partial charge in [-0.1, -0.05) is 12.1 Å². The van der Waals surface area contributed by atoms with E-state index in [4.69, 9.17) is 4.74 Å². The number of fused-ring (bicyclic) bond motifs is 1. The standard InChI is InChI=1S/C29H33N5O4S/c1-19-12-20(13-28(35)32-21-15-31-34(16-21)29(2,3)4)6-9-26(19)38-27-10-11-30-25-8-7-22(14-24(25)27)39(36,37)23-17-33(5)18-23/h6-12,14-16,23H,13,17-18H2,1-5H3,(H,32,35). The van der Waals surface area contributed by atoms with E-state index in [2.05, 4.69) is 15.4 Å². The first-order chi connectivity index (χ1) is 18.4. The molecule has 0 radical (unpaired) electrons. The van der Waals surface area contributed by atoms with Gasteiger partial charge in [0.25, 0.3) is 0 Å². The summed E-state index contributed by atoms with van der Waals surface area (Å²) in [7, 11) is -1.53. The van der Waals surface area contributed by atoms with Crippen molar-refractivity contribution in [2.75, 3.05) is 25.5 Å². The number of hydrogen-bond acceptors (Lipinski definition) is 7. The number of likely N-dealkylation sites (tertiary alicyclic amines) is 1. The summed E-state index contributed by atoms with van der Waals surface area (Å²) in [5, 5.41) is 7.45. The molecule has 2 aromatic carbocycles. The Morgan fingerprint density at radius 2 is 1.87 bits per heavy atom. The Morgan fingerprint density at radius 1 is 1.10 bits per heavy atom. The minimum atomic E-state index is -3.44. The van der Waals surface area contributed by atoms with Gasteiger partial charge in [0.15, 0.2) is 9.84 Å². The smallest absolute Gasteiger partial charge is 0.228 e. The van der Waals surface area contributed by atoms with Gasteiger partial charge in [-0.25, -0.2) is 8.42 Å². The molecule has 1 amide bonds. The molecule has 39 heavy (non-hydrogen) atoms. The first-order valence-electron chi connectivity index (χ1n) is 12.8. The molecule has 0 unspecified atom stereocenters. The molecule has 0 aliphatic carbocycles. The highest BCUT2D eigenvalue weighted by Gasteiger charge is 2.36. The molecule has 9 nitrogen and oxygen atoms in total. The third-order valence-corrected chi connectivity index (χ3v) is 8.94. The molecule has 1 aliphatic heterocycles. The number of sulfone groups is 1. The molecule has 0 atom stereocenters. The van der Waals surface area contributed by atoms with Crippen LogP contribution in [0.25, 0.3) is 10.9 Å². The normalized spacial score (nSPS) is 14.8. The monoisotopic (exact) mass is 547 g/mol. The highest BCUT2D eigenvalue weighted by Crippen LogP contribution is 2.34. The van der Waals surface area contributed by atoms with E-state index in [-0.39, 0.29) is 22.8 Å². The number of ether oxygens (including phenoxy) is 1. The van der Waals surface area contributed by atoms with Gasteiger partial charge in [-0.15, -0.1) is 0 Å². The SMILES string of the molecule is Cc1cc(CC(=O)Nc2cnn(C(C)(C)C)c2)ccc1Oc1ccnc2ccc(S(=O)(=O)C3CN(C)C3)cc12. The van der Waals surface area contributed by atoms with Crippen molar-refractivity contribution in [3.63, 3.8) is 0 Å². The van der Waals surface area contributed by atoms with Crippen LogP contribution in [-0.4, -0.2) is 59.4 Å². The highest BCUT2D eigenvalue weighted by molar-refractivity contribution is 7.92. The van der Waals surface area contributed by atoms with Crippen LogP contribution in [-0.2, 0) is 26.6 Å². The topological polar surface area (TPSA) is 106 Å². The van der Waals surface area contributed by atoms with Crippen LogP contribution in [0.3, 0.4) is 0 Å². The van der Waals surface area contributed by atoms with Gasteiger partial charge in [-0.3, -0.25) is 14.5 Å². The van der Waals surface area contributed by atoms with Gasteiger partial charge in [-0.05, 0) is 76.2 Å². The minimum absolute atomic E-state index is 0.136. The molecule has 0 saturated carbocycles. The van der Waals surface area contributed by atoms with Crippen LogP contribution in [0.2, 0.25) is 0 Å². The molecule has 2 aromatic heterocycles. The second kappa shape index (κ2) is 10.1. The Bertz CT molecular complexity index is 1650. The molecule has 10 heteroatoms. The molecule has 4 aromatic rings. The molecular formula is C29H33N5O4S. The van der Waals surface area contributed by atoms with Crippen molar-refractivity contribution < 1.29 is 17.9 Å². The van der Waals surface area contributed by atoms with Gasteiger partial charge in [0, 0.05) is 30.9 Å². The lowest BCUT2D eigenvalue weighted by molar-refractivity contribution is -0.115. The number of pyridine rings is 1. The fourth-order valence-corrected chi connectivity index (χ4v) is 6.42. The number of hydrogen-bond donors (Lipinski definition) is 1. The van der Waals surface area contributed by atoms with Crippen LogP contribution >= 0.6 is 0 Å². The minimum Gasteiger partial charge on any atom is -0.456 e. The first kappa shape index (κ1) is 26.8. The maximum atomic E-state index is 13.1. The third kappa shape index (κ3) is 5.67. The van der Waals surface area contributed by atoms with Gasteiger partial charge in [0.05, 0.1) is 39.5 Å². The number of carbonyl (C=O) groups is 1. The van der Waals surface area contributed by atoms with Crippen LogP contribution in [0.5, 0.6) is 11.5 Å². The van der Waals surface area contributed by atoms with Crippen molar-refractivity contribution in [2.24, 2.45) is 0 Å². The quantitative estimate of drug-likeness (QED) is 0.362. The Balaban J connectivity index is 1.32. The number of carbonyl (C=O) groups excluding carboxylic acids is 1. The number of benzene rings is 2. The summed E-state index contributed by atoms with van der Waals surface area (Å²) in [6.45, 7) is 9.10. The number of nitrogens with one attached hydrogen (secondary N) is 1. The van der Waals surface area contributed by atoms with Crippen molar-refractivity contribution in [3.05, 3.63) is 72.2 Å². The molecule has 1 N–H and O–H groups in total. The summed E-state index contributed by atoms with van der Waals surface area (Å²) in [6.07, 6.45) is 5.31. The van der Waals surface area contributed by atoms with Crippen molar-refractivity contribution in [1.29, 1.82) is 0 Å². The Labute approximate surface area is 228 Å². The van der Waals surface area contributed by atoms with Crippen molar-refractivity contribution in [2.45, 2.75) is 49.8 Å². The fraction of sp³-hybridized carbons (Fsp3) is 0.345. The summed E-state index contributed by atoms with van der Waals surface area (Å²) in [5.74, 6) is 1.00. The molecule has 0 spiro atoms. The second-order valence-corrected chi connectivity index (χ2v) is 13.4. The maximum Gasteiger partial charge on any atom is 0.228 e. The van der Waals surface area contributed by atoms with Crippen molar-refractivity contribution in [3.8, 4) is 11.5 Å². The van der Waals surface area contributed by atoms with Crippen LogP contribution in [0.1, 0.15) is 31.9 Å². The molecule has 1 saturated heterocycles. The lowest BCUT2D eigenvalue weighted by Gasteiger charge is -2.35. The van der Waals surface area contributed by atoms with Gasteiger partial charge in [-0.2, -0.15) is 5.10 Å². The van der Waals surface area contributed by atoms with Gasteiger partial charge in [0.2, 0.25) is 5.91 Å². The Kier molecular flexibility index (Phi) is 6.94. The average molecular weight is 548 g/mol. The predicted molar refractivity (Wildman–Crippen MR) is 151 cm³/mol. The molecule has 1 fully saturated rings. The summed E-state index contributed by atoms with van der Waals surface area (Å²) in [5.41, 5.74) is 2.84. The van der Waals surface area contributed by atoms with E-state index in [9.17, 15) is 13.2 Å². The summed E-state index contributed by atoms with van der Waals surface area (Å²) in [6, 6.07) is 12.3. The lowest BCUT2D eigenvalue weighted by atomic mass is 10.1. The van der Waals surface area contributed by atoms with Crippen LogP contribution in [0.4, 0.5) is 5.69 Å². The number of rotatable bonds is 7. The van der Waals surface area contributed by atoms with E-state index in [1.807, 2.05) is 68.7 Å². The van der Waals surface area contributed by atoms with E-state index in [0.717, 1.165) is 11.1 Å². The van der Waals surface area contributed by atoms with E-state index >= 15 is 0 Å². The highest BCUT2D eigenvalue weighted by atomic mass is 32.2. The van der Waals surface area contributed by atoms with E-state index < -0.39 is 15.1 Å². The number of aryl methyl sites for hydroxylation is 1. The predicted octanol–water partition coefficient (Wildman–Crippen LogP) is 4.56. The maximum absolute atomic E-state index is 13.1. The zero-order valence-corrected chi connectivity index (χ0v) is 23.6. The summed E-state index contributed by atoms with van der Waals surface area (Å²) >= 11 is 0. The lowest BCUT2D eigenvalue weighted by Crippen LogP contribution is -2.52. The van der Waals surface area contributed by atoms with Crippen LogP contribution < -0.4 is 10.1 Å². The van der Waals surface area contributed by atoms with E-state index in [0.29, 0.717) is 41.2 Å². The van der Waals surface area contributed by atoms with Gasteiger partial charge >= 0.3 is 0 Å². The second-order valence-electron chi connectivity index (χ2n) is 11.1. The zero-order chi connectivity index (χ0) is 27.9. The molecule has 1 aliphatic rings. The average Bonchev–Trinajstić information content (AvgIpc) is 3.32. The molecule has 5 rings (SSSR count). The molecular weight excluding hydrogens is 514 g/mol. The summed E-state index contributed by atoms with van der Waals surface area (Å²) in [4.78, 5) is 19.3. The molecule has 204 valence electrons. The number of aromatic nitrogens is 3.